The third-order valence-electron chi connectivity index (χ3n) is 8.63. The summed E-state index contributed by atoms with van der Waals surface area (Å²) in [5, 5.41) is 11.1. The van der Waals surface area contributed by atoms with E-state index in [1.54, 1.807) is 0 Å². The van der Waals surface area contributed by atoms with Crippen molar-refractivity contribution < 1.29 is 14.4 Å². The quantitative estimate of drug-likeness (QED) is 0.224. The second-order valence-electron chi connectivity index (χ2n) is 10.8. The van der Waals surface area contributed by atoms with Crippen molar-refractivity contribution in [3.05, 3.63) is 21.9 Å². The van der Waals surface area contributed by atoms with Gasteiger partial charge in [0.2, 0.25) is 5.88 Å². The number of nitrogens with zero attached hydrogens (tertiary/aromatic N) is 2. The van der Waals surface area contributed by atoms with Gasteiger partial charge in [-0.1, -0.05) is 19.8 Å². The molecule has 5 heteroatoms. The van der Waals surface area contributed by atoms with Gasteiger partial charge in [0, 0.05) is 36.3 Å². The van der Waals surface area contributed by atoms with Crippen LogP contribution in [-0.2, 0) is 4.74 Å². The summed E-state index contributed by atoms with van der Waals surface area (Å²) in [7, 11) is 0. The van der Waals surface area contributed by atoms with Crippen LogP contribution in [0.4, 0.5) is 0 Å². The predicted molar refractivity (Wildman–Crippen MR) is 140 cm³/mol. The van der Waals surface area contributed by atoms with E-state index in [-0.39, 0.29) is 17.7 Å². The van der Waals surface area contributed by atoms with Gasteiger partial charge < -0.3 is 9.84 Å². The summed E-state index contributed by atoms with van der Waals surface area (Å²) < 4.78 is 9.01. The molecule has 0 aromatic heterocycles. The van der Waals surface area contributed by atoms with E-state index in [9.17, 15) is 5.11 Å². The molecule has 0 amide bonds. The lowest BCUT2D eigenvalue weighted by molar-refractivity contribution is -0.605. The molecule has 3 aliphatic carbocycles. The highest BCUT2D eigenvalue weighted by atomic mass is 32.2. The molecule has 0 aromatic rings. The monoisotopic (exact) mass is 473 g/mol. The van der Waals surface area contributed by atoms with E-state index in [0.29, 0.717) is 11.2 Å². The van der Waals surface area contributed by atoms with Crippen LogP contribution in [0.1, 0.15) is 98.3 Å². The van der Waals surface area contributed by atoms with Gasteiger partial charge in [0.15, 0.2) is 5.54 Å². The summed E-state index contributed by atoms with van der Waals surface area (Å²) in [5.74, 6) is 2.08. The van der Waals surface area contributed by atoms with Crippen LogP contribution in [0.5, 0.6) is 0 Å². The van der Waals surface area contributed by atoms with E-state index in [1.807, 2.05) is 24.9 Å². The zero-order valence-electron chi connectivity index (χ0n) is 21.3. The molecular formula is C28H45N2O2S+. The Kier molecular flexibility index (Phi) is 8.10. The van der Waals surface area contributed by atoms with Crippen LogP contribution in [0.3, 0.4) is 0 Å². The fraction of sp³-hybridized carbons (Fsp3) is 0.786. The molecule has 0 saturated heterocycles. The lowest BCUT2D eigenvalue weighted by Crippen LogP contribution is -2.45. The van der Waals surface area contributed by atoms with Crippen LogP contribution >= 0.6 is 11.8 Å². The number of thioether (sulfide) groups is 1. The average Bonchev–Trinajstić information content (AvgIpc) is 3.45. The molecule has 0 spiro atoms. The third kappa shape index (κ3) is 5.45. The molecule has 0 bridgehead atoms. The maximum atomic E-state index is 10.7. The van der Waals surface area contributed by atoms with Crippen LogP contribution in [0, 0.1) is 11.8 Å². The van der Waals surface area contributed by atoms with Crippen molar-refractivity contribution in [2.75, 3.05) is 6.54 Å². The lowest BCUT2D eigenvalue weighted by Gasteiger charge is -2.36. The highest BCUT2D eigenvalue weighted by molar-refractivity contribution is 8.04. The zero-order valence-corrected chi connectivity index (χ0v) is 22.1. The van der Waals surface area contributed by atoms with Gasteiger partial charge in [0.25, 0.3) is 0 Å². The molecule has 0 radical (unpaired) electrons. The van der Waals surface area contributed by atoms with E-state index in [2.05, 4.69) is 32.1 Å². The Morgan fingerprint density at radius 3 is 2.58 bits per heavy atom. The Labute approximate surface area is 205 Å². The summed E-state index contributed by atoms with van der Waals surface area (Å²) in [6.07, 6.45) is 14.3. The molecule has 184 valence electrons. The van der Waals surface area contributed by atoms with Gasteiger partial charge in [0.05, 0.1) is 6.10 Å². The fourth-order valence-electron chi connectivity index (χ4n) is 6.40. The second-order valence-corrected chi connectivity index (χ2v) is 12.2. The van der Waals surface area contributed by atoms with Crippen LogP contribution in [-0.4, -0.2) is 52.2 Å². The molecule has 0 aromatic carbocycles. The van der Waals surface area contributed by atoms with Crippen molar-refractivity contribution in [2.24, 2.45) is 16.8 Å². The minimum atomic E-state index is -0.166. The van der Waals surface area contributed by atoms with E-state index >= 15 is 0 Å². The topological polar surface area (TPSA) is 44.8 Å². The van der Waals surface area contributed by atoms with Crippen molar-refractivity contribution in [2.45, 2.75) is 121 Å². The van der Waals surface area contributed by atoms with Crippen molar-refractivity contribution in [1.29, 1.82) is 0 Å². The maximum absolute atomic E-state index is 10.7. The Balaban J connectivity index is 1.50. The number of hydrogen-bond acceptors (Lipinski definition) is 4. The van der Waals surface area contributed by atoms with Crippen molar-refractivity contribution in [3.8, 4) is 0 Å². The number of hydrogen-bond donors (Lipinski definition) is 1. The second kappa shape index (κ2) is 10.7. The molecule has 4 aliphatic rings. The smallest absolute Gasteiger partial charge is 0.217 e. The van der Waals surface area contributed by atoms with Gasteiger partial charge in [-0.15, -0.1) is 11.8 Å². The van der Waals surface area contributed by atoms with Crippen LogP contribution in [0.2, 0.25) is 0 Å². The molecular weight excluding hydrogens is 428 g/mol. The number of aliphatic hydroxyl groups is 1. The van der Waals surface area contributed by atoms with Gasteiger partial charge in [-0.2, -0.15) is 0 Å². The molecule has 2 saturated carbocycles. The first-order chi connectivity index (χ1) is 15.9. The highest BCUT2D eigenvalue weighted by Crippen LogP contribution is 2.55. The van der Waals surface area contributed by atoms with E-state index in [0.717, 1.165) is 76.1 Å². The average molecular weight is 474 g/mol. The molecule has 3 unspecified atom stereocenters. The van der Waals surface area contributed by atoms with E-state index in [4.69, 9.17) is 9.73 Å². The van der Waals surface area contributed by atoms with Crippen LogP contribution in [0.25, 0.3) is 0 Å². The summed E-state index contributed by atoms with van der Waals surface area (Å²) in [6, 6.07) is 0. The first kappa shape index (κ1) is 25.0. The van der Waals surface area contributed by atoms with Gasteiger partial charge >= 0.3 is 0 Å². The van der Waals surface area contributed by atoms with E-state index < -0.39 is 0 Å². The molecule has 1 heterocycles. The molecule has 2 fully saturated rings. The Morgan fingerprint density at radius 1 is 1.24 bits per heavy atom. The predicted octanol–water partition coefficient (Wildman–Crippen LogP) is 6.48. The summed E-state index contributed by atoms with van der Waals surface area (Å²) in [4.78, 5) is 6.32. The van der Waals surface area contributed by atoms with Gasteiger partial charge in [-0.05, 0) is 81.6 Å². The zero-order chi connectivity index (χ0) is 23.6. The van der Waals surface area contributed by atoms with Crippen molar-refractivity contribution >= 4 is 24.7 Å². The Bertz CT molecular complexity index is 818. The SMILES string of the molecule is C=[N+](CC)C1(CC)CCC(O/C(N=CC)=C2\C3=C(CCC3CC(O)CC3CC3)SC2C)CC1. The van der Waals surface area contributed by atoms with Crippen LogP contribution in [0.15, 0.2) is 26.9 Å². The van der Waals surface area contributed by atoms with Gasteiger partial charge in [0.1, 0.15) is 19.4 Å². The minimum absolute atomic E-state index is 0.166. The standard InChI is InChI=1S/C28H45N2O2S/c1-6-28(30(5)8-3)15-13-23(14-16-28)32-27(29-7-2)25-19(4)33-24-12-11-21(26(24)25)18-22(31)17-20-9-10-20/h7,19-23,31H,5-6,8-18H2,1-4H3/q+1/b27-25-,29-7?. The Hall–Kier alpha value is -1.07. The number of aliphatic imine (C=N–C) groups is 1. The summed E-state index contributed by atoms with van der Waals surface area (Å²) in [5.41, 5.74) is 3.00. The highest BCUT2D eigenvalue weighted by Gasteiger charge is 2.44. The first-order valence-corrected chi connectivity index (χ1v) is 14.3. The maximum Gasteiger partial charge on any atom is 0.217 e. The largest absolute Gasteiger partial charge is 0.474 e. The van der Waals surface area contributed by atoms with Crippen LogP contribution < -0.4 is 0 Å². The number of ether oxygens (including phenoxy) is 1. The normalized spacial score (nSPS) is 34.6. The Morgan fingerprint density at radius 2 is 1.97 bits per heavy atom. The summed E-state index contributed by atoms with van der Waals surface area (Å²) >= 11 is 2.00. The third-order valence-corrected chi connectivity index (χ3v) is 9.93. The molecule has 3 atom stereocenters. The van der Waals surface area contributed by atoms with Crippen molar-refractivity contribution in [3.63, 3.8) is 0 Å². The van der Waals surface area contributed by atoms with Gasteiger partial charge in [-0.3, -0.25) is 0 Å². The molecule has 1 aliphatic heterocycles. The lowest BCUT2D eigenvalue weighted by atomic mass is 9.78. The minimum Gasteiger partial charge on any atom is -0.474 e. The molecule has 1 N–H and O–H groups in total. The van der Waals surface area contributed by atoms with Crippen molar-refractivity contribution in [1.82, 2.24) is 0 Å². The molecule has 4 rings (SSSR count). The number of aliphatic hydroxyl groups excluding tert-OH is 1. The molecule has 33 heavy (non-hydrogen) atoms. The first-order valence-electron chi connectivity index (χ1n) is 13.5. The van der Waals surface area contributed by atoms with Gasteiger partial charge in [-0.25, -0.2) is 9.57 Å². The van der Waals surface area contributed by atoms with E-state index in [1.165, 1.54) is 28.9 Å². The fourth-order valence-corrected chi connectivity index (χ4v) is 7.81. The molecule has 4 nitrogen and oxygen atoms in total. The summed E-state index contributed by atoms with van der Waals surface area (Å²) in [6.45, 7) is 14.1. The number of allylic oxidation sites excluding steroid dienone is 2. The number of rotatable bonds is 10.